The quantitative estimate of drug-likeness (QED) is 0.472. The van der Waals surface area contributed by atoms with Gasteiger partial charge in [0.1, 0.15) is 17.1 Å². The second-order valence-electron chi connectivity index (χ2n) is 4.19. The standard InChI is InChI=1S/C12H24O4Si/c1-6-8-9-17(15-4,16-5)12(10(3)13)11(14)7-2/h12H,6-9H2,1-5H3. The fourth-order valence-corrected chi connectivity index (χ4v) is 5.57. The maximum atomic E-state index is 11.9. The Morgan fingerprint density at radius 1 is 1.18 bits per heavy atom. The van der Waals surface area contributed by atoms with E-state index in [2.05, 4.69) is 6.92 Å². The van der Waals surface area contributed by atoms with Crippen LogP contribution in [0.2, 0.25) is 11.6 Å². The van der Waals surface area contributed by atoms with Gasteiger partial charge in [-0.05, 0) is 13.0 Å². The zero-order valence-corrected chi connectivity index (χ0v) is 12.5. The van der Waals surface area contributed by atoms with Gasteiger partial charge < -0.3 is 8.85 Å². The summed E-state index contributed by atoms with van der Waals surface area (Å²) in [5.41, 5.74) is -0.686. The number of hydrogen-bond acceptors (Lipinski definition) is 4. The molecule has 100 valence electrons. The molecule has 0 radical (unpaired) electrons. The molecule has 0 aliphatic rings. The second-order valence-corrected chi connectivity index (χ2v) is 7.70. The lowest BCUT2D eigenvalue weighted by atomic mass is 10.2. The van der Waals surface area contributed by atoms with E-state index in [0.29, 0.717) is 12.5 Å². The number of carbonyl (C=O) groups excluding carboxylic acids is 2. The summed E-state index contributed by atoms with van der Waals surface area (Å²) >= 11 is 0. The summed E-state index contributed by atoms with van der Waals surface area (Å²) < 4.78 is 11.0. The molecule has 0 fully saturated rings. The highest BCUT2D eigenvalue weighted by Gasteiger charge is 2.49. The van der Waals surface area contributed by atoms with Crippen molar-refractivity contribution in [3.63, 3.8) is 0 Å². The average Bonchev–Trinajstić information content (AvgIpc) is 2.33. The minimum Gasteiger partial charge on any atom is -0.397 e. The van der Waals surface area contributed by atoms with Gasteiger partial charge in [-0.15, -0.1) is 0 Å². The monoisotopic (exact) mass is 260 g/mol. The van der Waals surface area contributed by atoms with Crippen molar-refractivity contribution in [1.82, 2.24) is 0 Å². The van der Waals surface area contributed by atoms with E-state index in [1.54, 1.807) is 21.1 Å². The van der Waals surface area contributed by atoms with Gasteiger partial charge >= 0.3 is 8.56 Å². The third kappa shape index (κ3) is 4.01. The summed E-state index contributed by atoms with van der Waals surface area (Å²) in [6.07, 6.45) is 2.25. The Morgan fingerprint density at radius 3 is 2.00 bits per heavy atom. The number of carbonyl (C=O) groups is 2. The Kier molecular flexibility index (Phi) is 7.50. The molecule has 4 nitrogen and oxygen atoms in total. The third-order valence-corrected chi connectivity index (χ3v) is 7.13. The van der Waals surface area contributed by atoms with Crippen LogP contribution in [0.3, 0.4) is 0 Å². The Bertz CT molecular complexity index is 261. The van der Waals surface area contributed by atoms with Crippen molar-refractivity contribution in [2.24, 2.45) is 0 Å². The highest BCUT2D eigenvalue weighted by Crippen LogP contribution is 2.31. The molecule has 1 unspecified atom stereocenters. The maximum Gasteiger partial charge on any atom is 0.356 e. The van der Waals surface area contributed by atoms with Crippen molar-refractivity contribution < 1.29 is 18.4 Å². The van der Waals surface area contributed by atoms with E-state index >= 15 is 0 Å². The summed E-state index contributed by atoms with van der Waals surface area (Å²) in [5, 5.41) is 0. The van der Waals surface area contributed by atoms with E-state index in [1.807, 2.05) is 0 Å². The van der Waals surface area contributed by atoms with Crippen LogP contribution < -0.4 is 0 Å². The molecule has 0 aliphatic carbocycles. The Morgan fingerprint density at radius 2 is 1.71 bits per heavy atom. The second kappa shape index (κ2) is 7.74. The fourth-order valence-electron chi connectivity index (χ4n) is 2.08. The molecule has 17 heavy (non-hydrogen) atoms. The predicted octanol–water partition coefficient (Wildman–Crippen LogP) is 2.46. The van der Waals surface area contributed by atoms with Crippen molar-refractivity contribution in [1.29, 1.82) is 0 Å². The van der Waals surface area contributed by atoms with Gasteiger partial charge in [-0.2, -0.15) is 0 Å². The van der Waals surface area contributed by atoms with Crippen molar-refractivity contribution in [2.45, 2.75) is 51.6 Å². The molecular formula is C12H24O4Si. The van der Waals surface area contributed by atoms with Crippen molar-refractivity contribution in [3.05, 3.63) is 0 Å². The van der Waals surface area contributed by atoms with Crippen LogP contribution in [0.25, 0.3) is 0 Å². The zero-order chi connectivity index (χ0) is 13.5. The number of hydrogen-bond donors (Lipinski definition) is 0. The topological polar surface area (TPSA) is 52.6 Å². The van der Waals surface area contributed by atoms with Crippen molar-refractivity contribution >= 4 is 20.1 Å². The van der Waals surface area contributed by atoms with Gasteiger partial charge in [0.15, 0.2) is 0 Å². The summed E-state index contributed by atoms with van der Waals surface area (Å²) in [7, 11) is 0.352. The van der Waals surface area contributed by atoms with Crippen LogP contribution >= 0.6 is 0 Å². The highest BCUT2D eigenvalue weighted by atomic mass is 28.4. The Balaban J connectivity index is 5.20. The first kappa shape index (κ1) is 16.5. The molecule has 0 saturated carbocycles. The molecule has 1 atom stereocenters. The minimum atomic E-state index is -2.74. The van der Waals surface area contributed by atoms with Crippen LogP contribution in [0, 0.1) is 0 Å². The molecule has 0 heterocycles. The molecule has 0 aromatic heterocycles. The first-order valence-electron chi connectivity index (χ1n) is 6.12. The van der Waals surface area contributed by atoms with Gasteiger partial charge in [0.25, 0.3) is 0 Å². The molecule has 0 amide bonds. The summed E-state index contributed by atoms with van der Waals surface area (Å²) in [4.78, 5) is 23.7. The largest absolute Gasteiger partial charge is 0.397 e. The Hall–Kier alpha value is -0.523. The van der Waals surface area contributed by atoms with E-state index in [0.717, 1.165) is 12.8 Å². The van der Waals surface area contributed by atoms with Crippen LogP contribution in [0.4, 0.5) is 0 Å². The SMILES string of the molecule is CCCC[Si](OC)(OC)C(C(C)=O)C(=O)CC. The molecule has 0 bridgehead atoms. The van der Waals surface area contributed by atoms with Gasteiger partial charge in [0, 0.05) is 20.6 Å². The Labute approximate surface area is 105 Å². The molecule has 0 aliphatic heterocycles. The molecular weight excluding hydrogens is 236 g/mol. The van der Waals surface area contributed by atoms with E-state index in [4.69, 9.17) is 8.85 Å². The molecule has 0 aromatic carbocycles. The summed E-state index contributed by atoms with van der Waals surface area (Å²) in [6, 6.07) is 0.687. The van der Waals surface area contributed by atoms with E-state index < -0.39 is 14.1 Å². The first-order valence-corrected chi connectivity index (χ1v) is 8.22. The summed E-state index contributed by atoms with van der Waals surface area (Å²) in [6.45, 7) is 5.28. The van der Waals surface area contributed by atoms with E-state index in [-0.39, 0.29) is 11.6 Å². The van der Waals surface area contributed by atoms with Gasteiger partial charge in [0.2, 0.25) is 0 Å². The molecule has 0 rings (SSSR count). The fraction of sp³-hybridized carbons (Fsp3) is 0.833. The van der Waals surface area contributed by atoms with Crippen LogP contribution in [-0.2, 0) is 18.4 Å². The maximum absolute atomic E-state index is 11.9. The van der Waals surface area contributed by atoms with Gasteiger partial charge in [-0.1, -0.05) is 26.7 Å². The molecule has 0 saturated heterocycles. The predicted molar refractivity (Wildman–Crippen MR) is 69.2 cm³/mol. The average molecular weight is 260 g/mol. The van der Waals surface area contributed by atoms with Crippen LogP contribution in [-0.4, -0.2) is 34.3 Å². The lowest BCUT2D eigenvalue weighted by molar-refractivity contribution is -0.126. The molecule has 0 spiro atoms. The molecule has 5 heteroatoms. The van der Waals surface area contributed by atoms with E-state index in [1.165, 1.54) is 6.92 Å². The van der Waals surface area contributed by atoms with E-state index in [9.17, 15) is 9.59 Å². The zero-order valence-electron chi connectivity index (χ0n) is 11.5. The first-order chi connectivity index (χ1) is 7.98. The van der Waals surface area contributed by atoms with Crippen LogP contribution in [0.5, 0.6) is 0 Å². The minimum absolute atomic E-state index is 0.0658. The molecule has 0 aromatic rings. The third-order valence-electron chi connectivity index (χ3n) is 3.09. The number of rotatable bonds is 9. The van der Waals surface area contributed by atoms with Crippen molar-refractivity contribution in [2.75, 3.05) is 14.2 Å². The highest BCUT2D eigenvalue weighted by molar-refractivity contribution is 6.76. The van der Waals surface area contributed by atoms with Crippen LogP contribution in [0.1, 0.15) is 40.0 Å². The smallest absolute Gasteiger partial charge is 0.356 e. The van der Waals surface area contributed by atoms with Gasteiger partial charge in [-0.3, -0.25) is 9.59 Å². The number of unbranched alkanes of at least 4 members (excludes halogenated alkanes) is 1. The van der Waals surface area contributed by atoms with Crippen molar-refractivity contribution in [3.8, 4) is 0 Å². The van der Waals surface area contributed by atoms with Crippen LogP contribution in [0.15, 0.2) is 0 Å². The summed E-state index contributed by atoms with van der Waals surface area (Å²) in [5.74, 6) is -0.202. The van der Waals surface area contributed by atoms with Gasteiger partial charge in [0.05, 0.1) is 0 Å². The lowest BCUT2D eigenvalue weighted by Gasteiger charge is -2.32. The molecule has 0 N–H and O–H groups in total. The number of Topliss-reactive ketones (excluding diaryl/α,β-unsaturated/α-hetero) is 2. The lowest BCUT2D eigenvalue weighted by Crippen LogP contribution is -2.50. The van der Waals surface area contributed by atoms with Gasteiger partial charge in [-0.25, -0.2) is 0 Å². The number of ketones is 2. The normalized spacial score (nSPS) is 13.5.